The van der Waals surface area contributed by atoms with Crippen molar-refractivity contribution in [2.24, 2.45) is 0 Å². The number of carbonyl (C=O) groups is 2. The van der Waals surface area contributed by atoms with E-state index in [9.17, 15) is 9.59 Å². The van der Waals surface area contributed by atoms with Gasteiger partial charge in [0.15, 0.2) is 13.2 Å². The van der Waals surface area contributed by atoms with Gasteiger partial charge in [0.05, 0.1) is 14.2 Å². The highest BCUT2D eigenvalue weighted by molar-refractivity contribution is 6.83. The van der Waals surface area contributed by atoms with Crippen LogP contribution in [0.1, 0.15) is 5.56 Å². The van der Waals surface area contributed by atoms with Gasteiger partial charge in [-0.2, -0.15) is 0 Å². The second-order valence-electron chi connectivity index (χ2n) is 5.92. The predicted molar refractivity (Wildman–Crippen MR) is 91.7 cm³/mol. The van der Waals surface area contributed by atoms with Gasteiger partial charge in [-0.1, -0.05) is 25.6 Å². The lowest BCUT2D eigenvalue weighted by atomic mass is 10.2. The number of methoxy groups -OCH3 is 2. The van der Waals surface area contributed by atoms with E-state index in [1.54, 1.807) is 18.2 Å². The number of esters is 2. The quantitative estimate of drug-likeness (QED) is 0.444. The Balaban J connectivity index is 3.01. The van der Waals surface area contributed by atoms with Gasteiger partial charge in [0.25, 0.3) is 0 Å². The van der Waals surface area contributed by atoms with Gasteiger partial charge in [-0.3, -0.25) is 0 Å². The minimum absolute atomic E-state index is 0.224. The molecule has 0 aliphatic carbocycles. The standard InChI is InChI=1S/C17H22O6Si/c1-20-16(18)11-22-14-8-13(6-7-24(3,4)5)9-15(10-14)23-12-17(19)21-2/h8-10H,11-12H2,1-5H3. The molecule has 0 atom stereocenters. The summed E-state index contributed by atoms with van der Waals surface area (Å²) < 4.78 is 19.8. The maximum atomic E-state index is 11.2. The fourth-order valence-electron chi connectivity index (χ4n) is 1.47. The second kappa shape index (κ2) is 8.98. The van der Waals surface area contributed by atoms with E-state index in [-0.39, 0.29) is 13.2 Å². The van der Waals surface area contributed by atoms with Gasteiger partial charge >= 0.3 is 11.9 Å². The summed E-state index contributed by atoms with van der Waals surface area (Å²) >= 11 is 0. The van der Waals surface area contributed by atoms with Crippen LogP contribution in [-0.4, -0.2) is 47.4 Å². The fourth-order valence-corrected chi connectivity index (χ4v) is 1.99. The molecule has 0 bridgehead atoms. The molecule has 0 aliphatic heterocycles. The molecular formula is C17H22O6Si. The van der Waals surface area contributed by atoms with E-state index in [0.717, 1.165) is 0 Å². The molecule has 0 saturated carbocycles. The molecule has 6 nitrogen and oxygen atoms in total. The lowest BCUT2D eigenvalue weighted by Gasteiger charge is -2.10. The highest BCUT2D eigenvalue weighted by Crippen LogP contribution is 2.23. The third kappa shape index (κ3) is 7.69. The van der Waals surface area contributed by atoms with Gasteiger partial charge in [0, 0.05) is 11.6 Å². The topological polar surface area (TPSA) is 71.1 Å². The van der Waals surface area contributed by atoms with Gasteiger partial charge in [-0.25, -0.2) is 9.59 Å². The fraction of sp³-hybridized carbons (Fsp3) is 0.412. The van der Waals surface area contributed by atoms with Crippen molar-refractivity contribution in [1.82, 2.24) is 0 Å². The molecule has 130 valence electrons. The van der Waals surface area contributed by atoms with Crippen molar-refractivity contribution in [3.63, 3.8) is 0 Å². The van der Waals surface area contributed by atoms with E-state index in [4.69, 9.17) is 9.47 Å². The molecule has 0 amide bonds. The summed E-state index contributed by atoms with van der Waals surface area (Å²) in [6.07, 6.45) is 0. The van der Waals surface area contributed by atoms with Crippen LogP contribution in [0.5, 0.6) is 11.5 Å². The maximum Gasteiger partial charge on any atom is 0.343 e. The van der Waals surface area contributed by atoms with Crippen LogP contribution in [0.15, 0.2) is 18.2 Å². The first-order valence-electron chi connectivity index (χ1n) is 7.31. The van der Waals surface area contributed by atoms with E-state index >= 15 is 0 Å². The Morgan fingerprint density at radius 3 is 1.75 bits per heavy atom. The zero-order valence-electron chi connectivity index (χ0n) is 14.6. The molecule has 0 unspecified atom stereocenters. The summed E-state index contributed by atoms with van der Waals surface area (Å²) in [5.74, 6) is 2.91. The predicted octanol–water partition coefficient (Wildman–Crippen LogP) is 2.02. The first kappa shape index (κ1) is 19.6. The van der Waals surface area contributed by atoms with Crippen molar-refractivity contribution in [2.45, 2.75) is 19.6 Å². The van der Waals surface area contributed by atoms with E-state index in [2.05, 4.69) is 40.6 Å². The van der Waals surface area contributed by atoms with Crippen LogP contribution in [0.4, 0.5) is 0 Å². The molecule has 0 fully saturated rings. The Bertz CT molecular complexity index is 613. The Kier molecular flexibility index (Phi) is 7.33. The summed E-state index contributed by atoms with van der Waals surface area (Å²) in [5.41, 5.74) is 3.92. The first-order chi connectivity index (χ1) is 11.2. The number of ether oxygens (including phenoxy) is 4. The highest BCUT2D eigenvalue weighted by Gasteiger charge is 2.10. The Morgan fingerprint density at radius 2 is 1.38 bits per heavy atom. The molecule has 0 aliphatic rings. The third-order valence-electron chi connectivity index (χ3n) is 2.63. The van der Waals surface area contributed by atoms with Crippen LogP contribution in [0.2, 0.25) is 19.6 Å². The van der Waals surface area contributed by atoms with Gasteiger partial charge in [0.2, 0.25) is 0 Å². The van der Waals surface area contributed by atoms with Crippen LogP contribution in [0.3, 0.4) is 0 Å². The van der Waals surface area contributed by atoms with Crippen LogP contribution in [-0.2, 0) is 19.1 Å². The largest absolute Gasteiger partial charge is 0.482 e. The van der Waals surface area contributed by atoms with Crippen molar-refractivity contribution in [3.8, 4) is 23.0 Å². The van der Waals surface area contributed by atoms with Gasteiger partial charge < -0.3 is 18.9 Å². The molecule has 0 heterocycles. The zero-order chi connectivity index (χ0) is 18.2. The van der Waals surface area contributed by atoms with Crippen LogP contribution < -0.4 is 9.47 Å². The molecule has 0 aromatic heterocycles. The number of hydrogen-bond acceptors (Lipinski definition) is 6. The number of benzene rings is 1. The summed E-state index contributed by atoms with van der Waals surface area (Å²) in [5, 5.41) is 0. The summed E-state index contributed by atoms with van der Waals surface area (Å²) in [7, 11) is 1.02. The molecule has 24 heavy (non-hydrogen) atoms. The number of rotatable bonds is 6. The number of carbonyl (C=O) groups excluding carboxylic acids is 2. The molecule has 1 aromatic carbocycles. The Morgan fingerprint density at radius 1 is 0.917 bits per heavy atom. The SMILES string of the molecule is COC(=O)COc1cc(C#C[Si](C)(C)C)cc(OCC(=O)OC)c1. The molecule has 0 N–H and O–H groups in total. The van der Waals surface area contributed by atoms with E-state index in [1.807, 2.05) is 0 Å². The van der Waals surface area contributed by atoms with Crippen LogP contribution >= 0.6 is 0 Å². The van der Waals surface area contributed by atoms with Gasteiger partial charge in [-0.15, -0.1) is 5.54 Å². The molecule has 1 rings (SSSR count). The molecule has 7 heteroatoms. The third-order valence-corrected chi connectivity index (χ3v) is 3.51. The van der Waals surface area contributed by atoms with Crippen LogP contribution in [0.25, 0.3) is 0 Å². The van der Waals surface area contributed by atoms with E-state index in [0.29, 0.717) is 17.1 Å². The van der Waals surface area contributed by atoms with Crippen LogP contribution in [0, 0.1) is 11.5 Å². The Labute approximate surface area is 143 Å². The average Bonchev–Trinajstić information content (AvgIpc) is 2.54. The summed E-state index contributed by atoms with van der Waals surface area (Å²) in [6.45, 7) is 5.94. The lowest BCUT2D eigenvalue weighted by molar-refractivity contribution is -0.143. The molecular weight excluding hydrogens is 328 g/mol. The Hall–Kier alpha value is -2.46. The molecule has 0 radical (unpaired) electrons. The van der Waals surface area contributed by atoms with Crippen molar-refractivity contribution < 1.29 is 28.5 Å². The molecule has 1 aromatic rings. The second-order valence-corrected chi connectivity index (χ2v) is 10.7. The van der Waals surface area contributed by atoms with Crippen molar-refractivity contribution in [3.05, 3.63) is 23.8 Å². The highest BCUT2D eigenvalue weighted by atomic mass is 28.3. The van der Waals surface area contributed by atoms with Gasteiger partial charge in [0.1, 0.15) is 19.6 Å². The van der Waals surface area contributed by atoms with Gasteiger partial charge in [-0.05, 0) is 12.1 Å². The van der Waals surface area contributed by atoms with Crippen molar-refractivity contribution in [2.75, 3.05) is 27.4 Å². The normalized spacial score (nSPS) is 10.2. The van der Waals surface area contributed by atoms with Crippen molar-refractivity contribution >= 4 is 20.0 Å². The van der Waals surface area contributed by atoms with E-state index in [1.165, 1.54) is 14.2 Å². The van der Waals surface area contributed by atoms with E-state index < -0.39 is 20.0 Å². The van der Waals surface area contributed by atoms with Crippen molar-refractivity contribution in [1.29, 1.82) is 0 Å². The lowest BCUT2D eigenvalue weighted by Crippen LogP contribution is -2.16. The molecule has 0 saturated heterocycles. The maximum absolute atomic E-state index is 11.2. The minimum atomic E-state index is -1.55. The monoisotopic (exact) mass is 350 g/mol. The summed E-state index contributed by atoms with van der Waals surface area (Å²) in [4.78, 5) is 22.4. The average molecular weight is 350 g/mol. The molecule has 0 spiro atoms. The zero-order valence-corrected chi connectivity index (χ0v) is 15.6. The summed E-state index contributed by atoms with van der Waals surface area (Å²) in [6, 6.07) is 4.99. The first-order valence-corrected chi connectivity index (χ1v) is 10.8. The minimum Gasteiger partial charge on any atom is -0.482 e. The smallest absolute Gasteiger partial charge is 0.343 e. The number of hydrogen-bond donors (Lipinski definition) is 0.